The zero-order valence-electron chi connectivity index (χ0n) is 23.7. The molecule has 3 N–H and O–H groups in total. The Kier molecular flexibility index (Phi) is 10.8. The summed E-state index contributed by atoms with van der Waals surface area (Å²) in [6, 6.07) is 17.2. The van der Waals surface area contributed by atoms with Crippen molar-refractivity contribution >= 4 is 30.2 Å². The normalized spacial score (nSPS) is 18.4. The van der Waals surface area contributed by atoms with Crippen LogP contribution in [0.1, 0.15) is 69.1 Å². The number of hydrogen-bond donors (Lipinski definition) is 2. The van der Waals surface area contributed by atoms with Crippen LogP contribution in [-0.4, -0.2) is 60.6 Å². The SMILES string of the molecule is CCOC(=O)CC1CC2(CCN(C(=O)C(COCc3ccccc3)NC(=O)C(C)(C)N)CC2)c2ccccc21.Cl. The van der Waals surface area contributed by atoms with Gasteiger partial charge in [-0.25, -0.2) is 0 Å². The first-order chi connectivity index (χ1) is 18.6. The molecule has 8 nitrogen and oxygen atoms in total. The van der Waals surface area contributed by atoms with Gasteiger partial charge in [-0.05, 0) is 68.1 Å². The highest BCUT2D eigenvalue weighted by molar-refractivity contribution is 5.91. The van der Waals surface area contributed by atoms with Crippen LogP contribution in [0.3, 0.4) is 0 Å². The number of carbonyl (C=O) groups excluding carboxylic acids is 3. The minimum absolute atomic E-state index is 0. The topological polar surface area (TPSA) is 111 Å². The maximum atomic E-state index is 13.7. The smallest absolute Gasteiger partial charge is 0.306 e. The number of carbonyl (C=O) groups is 3. The summed E-state index contributed by atoms with van der Waals surface area (Å²) in [5, 5.41) is 2.83. The van der Waals surface area contributed by atoms with Gasteiger partial charge in [-0.2, -0.15) is 0 Å². The Labute approximate surface area is 243 Å². The van der Waals surface area contributed by atoms with Crippen molar-refractivity contribution in [2.75, 3.05) is 26.3 Å². The third-order valence-corrected chi connectivity index (χ3v) is 7.94. The Morgan fingerprint density at radius 1 is 1.07 bits per heavy atom. The second kappa shape index (κ2) is 13.6. The number of likely N-dealkylation sites (tertiary alicyclic amines) is 1. The maximum absolute atomic E-state index is 13.7. The number of hydrogen-bond acceptors (Lipinski definition) is 6. The van der Waals surface area contributed by atoms with E-state index in [1.165, 1.54) is 11.1 Å². The van der Waals surface area contributed by atoms with E-state index in [2.05, 4.69) is 23.5 Å². The van der Waals surface area contributed by atoms with E-state index < -0.39 is 17.5 Å². The Balaban J connectivity index is 0.00000441. The number of halogens is 1. The number of esters is 1. The van der Waals surface area contributed by atoms with Crippen LogP contribution in [0.2, 0.25) is 0 Å². The summed E-state index contributed by atoms with van der Waals surface area (Å²) in [7, 11) is 0. The highest BCUT2D eigenvalue weighted by Crippen LogP contribution is 2.52. The molecule has 0 saturated carbocycles. The second-order valence-corrected chi connectivity index (χ2v) is 11.4. The molecule has 1 spiro atoms. The quantitative estimate of drug-likeness (QED) is 0.419. The van der Waals surface area contributed by atoms with Crippen molar-refractivity contribution in [3.63, 3.8) is 0 Å². The molecule has 2 amide bonds. The van der Waals surface area contributed by atoms with Gasteiger partial charge in [0, 0.05) is 13.1 Å². The van der Waals surface area contributed by atoms with Crippen molar-refractivity contribution in [3.8, 4) is 0 Å². The van der Waals surface area contributed by atoms with E-state index in [0.717, 1.165) is 24.8 Å². The van der Waals surface area contributed by atoms with E-state index in [-0.39, 0.29) is 42.2 Å². The summed E-state index contributed by atoms with van der Waals surface area (Å²) < 4.78 is 11.1. The first-order valence-electron chi connectivity index (χ1n) is 13.9. The van der Waals surface area contributed by atoms with E-state index in [4.69, 9.17) is 15.2 Å². The fourth-order valence-corrected chi connectivity index (χ4v) is 5.87. The van der Waals surface area contributed by atoms with Gasteiger partial charge in [-0.15, -0.1) is 12.4 Å². The van der Waals surface area contributed by atoms with Gasteiger partial charge in [0.05, 0.1) is 31.8 Å². The van der Waals surface area contributed by atoms with Crippen molar-refractivity contribution in [3.05, 3.63) is 71.3 Å². The highest BCUT2D eigenvalue weighted by atomic mass is 35.5. The number of benzene rings is 2. The summed E-state index contributed by atoms with van der Waals surface area (Å²) in [6.07, 6.45) is 2.83. The van der Waals surface area contributed by atoms with Crippen molar-refractivity contribution in [1.82, 2.24) is 10.2 Å². The van der Waals surface area contributed by atoms with Crippen LogP contribution in [0, 0.1) is 0 Å². The Hall–Kier alpha value is -2.94. The highest BCUT2D eigenvalue weighted by Gasteiger charge is 2.47. The minimum atomic E-state index is -1.12. The monoisotopic (exact) mass is 571 g/mol. The van der Waals surface area contributed by atoms with Crippen molar-refractivity contribution < 1.29 is 23.9 Å². The first kappa shape index (κ1) is 31.6. The third-order valence-electron chi connectivity index (χ3n) is 7.94. The molecular formula is C31H42ClN3O5. The number of amides is 2. The summed E-state index contributed by atoms with van der Waals surface area (Å²) in [4.78, 5) is 40.5. The molecule has 40 heavy (non-hydrogen) atoms. The van der Waals surface area contributed by atoms with Crippen LogP contribution in [0.4, 0.5) is 0 Å². The molecule has 218 valence electrons. The zero-order chi connectivity index (χ0) is 28.0. The lowest BCUT2D eigenvalue weighted by Crippen LogP contribution is -2.59. The largest absolute Gasteiger partial charge is 0.466 e. The lowest BCUT2D eigenvalue weighted by Gasteiger charge is -2.41. The lowest BCUT2D eigenvalue weighted by molar-refractivity contribution is -0.143. The average molecular weight is 572 g/mol. The van der Waals surface area contributed by atoms with E-state index in [0.29, 0.717) is 32.7 Å². The van der Waals surface area contributed by atoms with Crippen LogP contribution < -0.4 is 11.1 Å². The van der Waals surface area contributed by atoms with Gasteiger partial charge in [-0.1, -0.05) is 54.6 Å². The molecule has 0 bridgehead atoms. The molecule has 1 aliphatic carbocycles. The summed E-state index contributed by atoms with van der Waals surface area (Å²) >= 11 is 0. The van der Waals surface area contributed by atoms with Crippen LogP contribution in [0.25, 0.3) is 0 Å². The summed E-state index contributed by atoms with van der Waals surface area (Å²) in [5.74, 6) is -0.611. The zero-order valence-corrected chi connectivity index (χ0v) is 24.5. The Morgan fingerprint density at radius 3 is 2.38 bits per heavy atom. The van der Waals surface area contributed by atoms with E-state index in [1.54, 1.807) is 13.8 Å². The van der Waals surface area contributed by atoms with Crippen molar-refractivity contribution in [1.29, 1.82) is 0 Å². The summed E-state index contributed by atoms with van der Waals surface area (Å²) in [5.41, 5.74) is 8.30. The molecule has 1 fully saturated rings. The number of rotatable bonds is 10. The molecule has 0 radical (unpaired) electrons. The number of fused-ring (bicyclic) bond motifs is 2. The minimum Gasteiger partial charge on any atom is -0.466 e. The van der Waals surface area contributed by atoms with Crippen LogP contribution in [0.15, 0.2) is 54.6 Å². The van der Waals surface area contributed by atoms with Gasteiger partial charge in [0.15, 0.2) is 0 Å². The van der Waals surface area contributed by atoms with Gasteiger partial charge in [0.25, 0.3) is 0 Å². The van der Waals surface area contributed by atoms with Crippen molar-refractivity contribution in [2.24, 2.45) is 5.73 Å². The standard InChI is InChI=1S/C31H41N3O5.ClH/c1-4-39-27(35)18-23-19-31(25-13-9-8-12-24(23)25)14-16-34(17-15-31)28(36)26(33-29(37)30(2,3)32)21-38-20-22-10-6-5-7-11-22;/h5-13,23,26H,4,14-21,32H2,1-3H3,(H,33,37);1H. The summed E-state index contributed by atoms with van der Waals surface area (Å²) in [6.45, 7) is 6.96. The predicted molar refractivity (Wildman–Crippen MR) is 156 cm³/mol. The molecule has 4 rings (SSSR count). The third kappa shape index (κ3) is 7.42. The van der Waals surface area contributed by atoms with Gasteiger partial charge < -0.3 is 25.4 Å². The van der Waals surface area contributed by atoms with E-state index in [9.17, 15) is 14.4 Å². The first-order valence-corrected chi connectivity index (χ1v) is 13.9. The number of nitrogens with zero attached hydrogens (tertiary/aromatic N) is 1. The molecule has 9 heteroatoms. The average Bonchev–Trinajstić information content (AvgIpc) is 3.20. The second-order valence-electron chi connectivity index (χ2n) is 11.4. The molecule has 1 aliphatic heterocycles. The van der Waals surface area contributed by atoms with E-state index in [1.807, 2.05) is 48.2 Å². The fraction of sp³-hybridized carbons (Fsp3) is 0.516. The number of ether oxygens (including phenoxy) is 2. The number of nitrogens with one attached hydrogen (secondary N) is 1. The van der Waals surface area contributed by atoms with Gasteiger partial charge in [-0.3, -0.25) is 14.4 Å². The maximum Gasteiger partial charge on any atom is 0.306 e. The molecule has 2 aromatic rings. The van der Waals surface area contributed by atoms with Crippen LogP contribution in [-0.2, 0) is 35.9 Å². The number of piperidine rings is 1. The Bertz CT molecular complexity index is 1160. The Morgan fingerprint density at radius 2 is 1.73 bits per heavy atom. The van der Waals surface area contributed by atoms with Gasteiger partial charge in [0.1, 0.15) is 6.04 Å². The van der Waals surface area contributed by atoms with E-state index >= 15 is 0 Å². The van der Waals surface area contributed by atoms with Crippen molar-refractivity contribution in [2.45, 2.75) is 76.0 Å². The van der Waals surface area contributed by atoms with Gasteiger partial charge in [0.2, 0.25) is 11.8 Å². The molecular weight excluding hydrogens is 530 g/mol. The fourth-order valence-electron chi connectivity index (χ4n) is 5.87. The molecule has 2 unspecified atom stereocenters. The van der Waals surface area contributed by atoms with Crippen LogP contribution >= 0.6 is 12.4 Å². The molecule has 2 atom stereocenters. The number of nitrogens with two attached hydrogens (primary N) is 1. The van der Waals surface area contributed by atoms with Gasteiger partial charge >= 0.3 is 5.97 Å². The predicted octanol–water partition coefficient (Wildman–Crippen LogP) is 3.85. The van der Waals surface area contributed by atoms with Crippen LogP contribution in [0.5, 0.6) is 0 Å². The molecule has 2 aliphatic rings. The molecule has 0 aromatic heterocycles. The molecule has 1 heterocycles. The lowest BCUT2D eigenvalue weighted by atomic mass is 9.73. The molecule has 1 saturated heterocycles. The molecule has 2 aromatic carbocycles.